The fourth-order valence-corrected chi connectivity index (χ4v) is 2.73. The molecule has 0 spiro atoms. The molecule has 23 heavy (non-hydrogen) atoms. The van der Waals surface area contributed by atoms with Gasteiger partial charge in [0.25, 0.3) is 20.2 Å². The molecular formula is C11H16N4O6S2. The number of nitrogens with zero attached hydrogens (tertiary/aromatic N) is 2. The maximum absolute atomic E-state index is 11.5. The monoisotopic (exact) mass is 364 g/mol. The summed E-state index contributed by atoms with van der Waals surface area (Å²) >= 11 is 0. The van der Waals surface area contributed by atoms with Gasteiger partial charge in [-0.05, 0) is 32.0 Å². The maximum atomic E-state index is 11.5. The molecule has 0 aliphatic carbocycles. The van der Waals surface area contributed by atoms with Crippen molar-refractivity contribution in [1.82, 2.24) is 0 Å². The third-order valence-corrected chi connectivity index (χ3v) is 4.35. The second kappa shape index (κ2) is 6.54. The van der Waals surface area contributed by atoms with Gasteiger partial charge in [0.2, 0.25) is 0 Å². The Morgan fingerprint density at radius 1 is 1.17 bits per heavy atom. The molecule has 0 fully saturated rings. The Balaban J connectivity index is 3.85. The van der Waals surface area contributed by atoms with Crippen molar-refractivity contribution < 1.29 is 25.9 Å². The largest absolute Gasteiger partial charge is 0.399 e. The lowest BCUT2D eigenvalue weighted by Crippen LogP contribution is -2.27. The van der Waals surface area contributed by atoms with Crippen LogP contribution in [0.3, 0.4) is 0 Å². The number of benzene rings is 1. The number of rotatable bonds is 5. The first kappa shape index (κ1) is 18.9. The Labute approximate surface area is 133 Å². The molecule has 0 radical (unpaired) electrons. The fraction of sp³-hybridized carbons (Fsp3) is 0.182. The lowest BCUT2D eigenvalue weighted by molar-refractivity contribution is 0.478. The number of hydrogen-bond acceptors (Lipinski definition) is 8. The topological polar surface area (TPSA) is 176 Å². The molecule has 1 aromatic rings. The van der Waals surface area contributed by atoms with Crippen molar-refractivity contribution in [1.29, 1.82) is 0 Å². The van der Waals surface area contributed by atoms with Crippen LogP contribution in [0.2, 0.25) is 0 Å². The molecule has 10 nitrogen and oxygen atoms in total. The molecule has 0 aromatic heterocycles. The van der Waals surface area contributed by atoms with E-state index in [0.29, 0.717) is 0 Å². The van der Waals surface area contributed by atoms with E-state index >= 15 is 0 Å². The van der Waals surface area contributed by atoms with Gasteiger partial charge in [-0.3, -0.25) is 9.11 Å². The van der Waals surface area contributed by atoms with Crippen molar-refractivity contribution in [2.75, 3.05) is 5.01 Å². The predicted octanol–water partition coefficient (Wildman–Crippen LogP) is 0.0985. The highest BCUT2D eigenvalue weighted by molar-refractivity contribution is 7.86. The van der Waals surface area contributed by atoms with E-state index in [0.717, 1.165) is 23.2 Å². The first-order valence-corrected chi connectivity index (χ1v) is 8.87. The average molecular weight is 364 g/mol. The zero-order chi connectivity index (χ0) is 18.0. The summed E-state index contributed by atoms with van der Waals surface area (Å²) in [7, 11) is -9.35. The second-order valence-corrected chi connectivity index (χ2v) is 7.14. The van der Waals surface area contributed by atoms with Gasteiger partial charge in [0, 0.05) is 11.9 Å². The Morgan fingerprint density at radius 2 is 1.74 bits per heavy atom. The van der Waals surface area contributed by atoms with Crippen LogP contribution in [0, 0.1) is 0 Å². The normalized spacial score (nSPS) is 13.9. The molecule has 128 valence electrons. The van der Waals surface area contributed by atoms with Crippen LogP contribution in [0.4, 0.5) is 5.69 Å². The predicted molar refractivity (Wildman–Crippen MR) is 83.8 cm³/mol. The number of hydrazone groups is 1. The van der Waals surface area contributed by atoms with Crippen LogP contribution in [0.5, 0.6) is 0 Å². The number of allylic oxidation sites excluding steroid dienone is 1. The van der Waals surface area contributed by atoms with E-state index in [1.165, 1.54) is 20.1 Å². The van der Waals surface area contributed by atoms with Gasteiger partial charge >= 0.3 is 0 Å². The maximum Gasteiger partial charge on any atom is 0.296 e. The molecule has 0 heterocycles. The minimum atomic E-state index is -4.73. The standard InChI is InChI=1S/C11H16N4O6S2/c1-3-14-15(11(13)7(2)12)9-6-8(22(16,17)18)4-5-10(9)23(19,20)21/h3-6H,12-13H2,1-2H3,(H,16,17,18)(H,19,20,21)/b11-7+,14-3+. The van der Waals surface area contributed by atoms with E-state index in [-0.39, 0.29) is 11.5 Å². The van der Waals surface area contributed by atoms with E-state index < -0.39 is 35.7 Å². The van der Waals surface area contributed by atoms with Gasteiger partial charge in [0.05, 0.1) is 10.6 Å². The SMILES string of the molecule is C/C=N/N(/C(N)=C(\C)N)c1cc(S(=O)(=O)O)ccc1S(=O)(=O)O. The number of anilines is 1. The van der Waals surface area contributed by atoms with Crippen LogP contribution >= 0.6 is 0 Å². The van der Waals surface area contributed by atoms with Gasteiger partial charge in [-0.25, -0.2) is 5.01 Å². The molecular weight excluding hydrogens is 348 g/mol. The van der Waals surface area contributed by atoms with E-state index in [4.69, 9.17) is 16.0 Å². The van der Waals surface area contributed by atoms with Crippen LogP contribution in [-0.4, -0.2) is 32.2 Å². The average Bonchev–Trinajstić information content (AvgIpc) is 2.41. The highest BCUT2D eigenvalue weighted by Crippen LogP contribution is 2.30. The summed E-state index contributed by atoms with van der Waals surface area (Å²) in [5.74, 6) is -0.194. The summed E-state index contributed by atoms with van der Waals surface area (Å²) in [4.78, 5) is -1.28. The Morgan fingerprint density at radius 3 is 2.13 bits per heavy atom. The van der Waals surface area contributed by atoms with Crippen LogP contribution < -0.4 is 16.5 Å². The third-order valence-electron chi connectivity index (χ3n) is 2.60. The quantitative estimate of drug-likeness (QED) is 0.320. The van der Waals surface area contributed by atoms with E-state index in [9.17, 15) is 21.4 Å². The summed E-state index contributed by atoms with van der Waals surface area (Å²) in [5.41, 5.74) is 10.9. The van der Waals surface area contributed by atoms with E-state index in [1.54, 1.807) is 0 Å². The summed E-state index contributed by atoms with van der Waals surface area (Å²) in [6.45, 7) is 2.90. The van der Waals surface area contributed by atoms with Gasteiger partial charge < -0.3 is 11.5 Å². The van der Waals surface area contributed by atoms with Crippen molar-refractivity contribution in [3.05, 3.63) is 29.7 Å². The molecule has 12 heteroatoms. The lowest BCUT2D eigenvalue weighted by atomic mass is 10.3. The van der Waals surface area contributed by atoms with Crippen molar-refractivity contribution in [3.63, 3.8) is 0 Å². The Kier molecular flexibility index (Phi) is 5.37. The molecule has 0 unspecified atom stereocenters. The van der Waals surface area contributed by atoms with E-state index in [2.05, 4.69) is 5.10 Å². The zero-order valence-corrected chi connectivity index (χ0v) is 13.8. The van der Waals surface area contributed by atoms with E-state index in [1.807, 2.05) is 0 Å². The smallest absolute Gasteiger partial charge is 0.296 e. The minimum Gasteiger partial charge on any atom is -0.399 e. The molecule has 0 saturated heterocycles. The zero-order valence-electron chi connectivity index (χ0n) is 12.2. The van der Waals surface area contributed by atoms with Crippen molar-refractivity contribution in [3.8, 4) is 0 Å². The highest BCUT2D eigenvalue weighted by atomic mass is 32.2. The summed E-state index contributed by atoms with van der Waals surface area (Å²) < 4.78 is 63.9. The second-order valence-electron chi connectivity index (χ2n) is 4.33. The molecule has 0 saturated carbocycles. The molecule has 0 aliphatic heterocycles. The van der Waals surface area contributed by atoms with Gasteiger partial charge in [-0.2, -0.15) is 21.9 Å². The van der Waals surface area contributed by atoms with Gasteiger partial charge in [-0.15, -0.1) is 0 Å². The minimum absolute atomic E-state index is 0.0640. The molecule has 6 N–H and O–H groups in total. The van der Waals surface area contributed by atoms with Crippen molar-refractivity contribution >= 4 is 32.1 Å². The van der Waals surface area contributed by atoms with Crippen LogP contribution in [0.25, 0.3) is 0 Å². The first-order chi connectivity index (χ1) is 10.4. The highest BCUT2D eigenvalue weighted by Gasteiger charge is 2.24. The molecule has 0 amide bonds. The Bertz CT molecular complexity index is 870. The summed E-state index contributed by atoms with van der Waals surface area (Å²) in [6.07, 6.45) is 1.24. The van der Waals surface area contributed by atoms with Crippen molar-refractivity contribution in [2.45, 2.75) is 23.6 Å². The third kappa shape index (κ3) is 4.41. The lowest BCUT2D eigenvalue weighted by Gasteiger charge is -2.22. The molecule has 1 rings (SSSR count). The molecule has 1 aromatic carbocycles. The van der Waals surface area contributed by atoms with Gasteiger partial charge in [0.15, 0.2) is 0 Å². The molecule has 0 atom stereocenters. The summed E-state index contributed by atoms with van der Waals surface area (Å²) in [5, 5.41) is 4.63. The van der Waals surface area contributed by atoms with Crippen molar-refractivity contribution in [2.24, 2.45) is 16.6 Å². The van der Waals surface area contributed by atoms with Crippen LogP contribution in [0.1, 0.15) is 13.8 Å². The first-order valence-electron chi connectivity index (χ1n) is 5.99. The Hall–Kier alpha value is -2.15. The molecule has 0 bridgehead atoms. The van der Waals surface area contributed by atoms with Crippen LogP contribution in [0.15, 0.2) is 44.6 Å². The van der Waals surface area contributed by atoms with Gasteiger partial charge in [-0.1, -0.05) is 0 Å². The number of hydrogen-bond donors (Lipinski definition) is 4. The summed E-state index contributed by atoms with van der Waals surface area (Å²) in [6, 6.07) is 2.40. The number of nitrogens with two attached hydrogens (primary N) is 2. The van der Waals surface area contributed by atoms with Crippen LogP contribution in [-0.2, 0) is 20.2 Å². The van der Waals surface area contributed by atoms with Gasteiger partial charge in [0.1, 0.15) is 10.7 Å². The molecule has 0 aliphatic rings. The fourth-order valence-electron chi connectivity index (χ4n) is 1.58.